The van der Waals surface area contributed by atoms with Crippen molar-refractivity contribution >= 4 is 17.7 Å². The van der Waals surface area contributed by atoms with Gasteiger partial charge in [-0.25, -0.2) is 9.78 Å². The monoisotopic (exact) mass is 334 g/mol. The van der Waals surface area contributed by atoms with Crippen LogP contribution in [0, 0.1) is 11.8 Å². The van der Waals surface area contributed by atoms with Gasteiger partial charge in [0.1, 0.15) is 5.82 Å². The van der Waals surface area contributed by atoms with E-state index in [2.05, 4.69) is 4.98 Å². The molecule has 0 aromatic carbocycles. The highest BCUT2D eigenvalue weighted by atomic mass is 16.5. The van der Waals surface area contributed by atoms with Gasteiger partial charge in [-0.2, -0.15) is 0 Å². The van der Waals surface area contributed by atoms with Crippen LogP contribution in [0.2, 0.25) is 0 Å². The maximum absolute atomic E-state index is 12.5. The van der Waals surface area contributed by atoms with Gasteiger partial charge in [0.05, 0.1) is 12.9 Å². The van der Waals surface area contributed by atoms with Gasteiger partial charge in [-0.3, -0.25) is 4.79 Å². The summed E-state index contributed by atoms with van der Waals surface area (Å²) in [6.45, 7) is 5.55. The topological polar surface area (TPSA) is 90.5 Å². The summed E-state index contributed by atoms with van der Waals surface area (Å²) in [5.74, 6) is 0.882. The molecule has 1 aromatic rings. The number of rotatable bonds is 5. The van der Waals surface area contributed by atoms with Gasteiger partial charge < -0.3 is 19.9 Å². The van der Waals surface area contributed by atoms with E-state index in [4.69, 9.17) is 10.5 Å². The SMILES string of the molecule is CCOC(=O)c1ncn(C2CCN(C(=O)[C@@H](C)C3CC3)CC2)c1N. The summed E-state index contributed by atoms with van der Waals surface area (Å²) in [5, 5.41) is 0. The van der Waals surface area contributed by atoms with Crippen molar-refractivity contribution in [1.82, 2.24) is 14.5 Å². The minimum atomic E-state index is -0.486. The fraction of sp³-hybridized carbons (Fsp3) is 0.706. The zero-order valence-electron chi connectivity index (χ0n) is 14.4. The van der Waals surface area contributed by atoms with E-state index < -0.39 is 5.97 Å². The first kappa shape index (κ1) is 16.8. The van der Waals surface area contributed by atoms with Gasteiger partial charge in [-0.15, -0.1) is 0 Å². The summed E-state index contributed by atoms with van der Waals surface area (Å²) in [6.07, 6.45) is 5.63. The van der Waals surface area contributed by atoms with E-state index >= 15 is 0 Å². The number of piperidine rings is 1. The molecule has 7 nitrogen and oxygen atoms in total. The molecule has 2 aliphatic rings. The van der Waals surface area contributed by atoms with E-state index in [1.165, 1.54) is 12.8 Å². The number of amides is 1. The average molecular weight is 334 g/mol. The second-order valence-electron chi connectivity index (χ2n) is 6.79. The number of ether oxygens (including phenoxy) is 1. The van der Waals surface area contributed by atoms with Crippen molar-refractivity contribution in [3.63, 3.8) is 0 Å². The smallest absolute Gasteiger partial charge is 0.360 e. The van der Waals surface area contributed by atoms with Crippen molar-refractivity contribution in [2.24, 2.45) is 11.8 Å². The Morgan fingerprint density at radius 1 is 1.33 bits per heavy atom. The van der Waals surface area contributed by atoms with Gasteiger partial charge >= 0.3 is 5.97 Å². The van der Waals surface area contributed by atoms with Gasteiger partial charge in [-0.1, -0.05) is 6.92 Å². The summed E-state index contributed by atoms with van der Waals surface area (Å²) >= 11 is 0. The molecule has 1 amide bonds. The first-order chi connectivity index (χ1) is 11.5. The third-order valence-electron chi connectivity index (χ3n) is 5.19. The Bertz CT molecular complexity index is 615. The minimum absolute atomic E-state index is 0.148. The molecule has 7 heteroatoms. The quantitative estimate of drug-likeness (QED) is 0.830. The summed E-state index contributed by atoms with van der Waals surface area (Å²) in [6, 6.07) is 0.168. The molecule has 0 spiro atoms. The van der Waals surface area contributed by atoms with E-state index in [1.807, 2.05) is 16.4 Å². The highest BCUT2D eigenvalue weighted by molar-refractivity contribution is 5.92. The normalized spacial score (nSPS) is 20.0. The molecule has 3 rings (SSSR count). The van der Waals surface area contributed by atoms with Crippen molar-refractivity contribution in [1.29, 1.82) is 0 Å². The van der Waals surface area contributed by atoms with E-state index in [0.29, 0.717) is 18.3 Å². The predicted molar refractivity (Wildman–Crippen MR) is 89.3 cm³/mol. The van der Waals surface area contributed by atoms with Gasteiger partial charge in [0.25, 0.3) is 0 Å². The van der Waals surface area contributed by atoms with Crippen LogP contribution in [0.3, 0.4) is 0 Å². The molecule has 2 heterocycles. The van der Waals surface area contributed by atoms with Crippen LogP contribution in [0.25, 0.3) is 0 Å². The lowest BCUT2D eigenvalue weighted by atomic mass is 10.00. The van der Waals surface area contributed by atoms with Crippen LogP contribution in [-0.4, -0.2) is 46.0 Å². The Balaban J connectivity index is 1.60. The Morgan fingerprint density at radius 2 is 2.00 bits per heavy atom. The van der Waals surface area contributed by atoms with Crippen molar-refractivity contribution in [3.05, 3.63) is 12.0 Å². The number of nitrogens with two attached hydrogens (primary N) is 1. The number of carbonyl (C=O) groups excluding carboxylic acids is 2. The summed E-state index contributed by atoms with van der Waals surface area (Å²) in [4.78, 5) is 30.4. The zero-order chi connectivity index (χ0) is 17.3. The molecule has 1 aromatic heterocycles. The molecule has 1 saturated carbocycles. The fourth-order valence-corrected chi connectivity index (χ4v) is 3.47. The molecular weight excluding hydrogens is 308 g/mol. The summed E-state index contributed by atoms with van der Waals surface area (Å²) < 4.78 is 6.81. The molecule has 1 aliphatic heterocycles. The minimum Gasteiger partial charge on any atom is -0.461 e. The lowest BCUT2D eigenvalue weighted by Gasteiger charge is -2.34. The molecule has 132 valence electrons. The predicted octanol–water partition coefficient (Wildman–Crippen LogP) is 1.85. The molecule has 1 saturated heterocycles. The fourth-order valence-electron chi connectivity index (χ4n) is 3.47. The van der Waals surface area contributed by atoms with Crippen LogP contribution in [0.4, 0.5) is 5.82 Å². The van der Waals surface area contributed by atoms with Crippen LogP contribution >= 0.6 is 0 Å². The van der Waals surface area contributed by atoms with E-state index in [-0.39, 0.29) is 23.6 Å². The average Bonchev–Trinajstić information content (AvgIpc) is 3.36. The molecule has 24 heavy (non-hydrogen) atoms. The van der Waals surface area contributed by atoms with Crippen LogP contribution in [-0.2, 0) is 9.53 Å². The third-order valence-corrected chi connectivity index (χ3v) is 5.19. The number of imidazole rings is 1. The van der Waals surface area contributed by atoms with Crippen molar-refractivity contribution in [2.45, 2.75) is 45.6 Å². The van der Waals surface area contributed by atoms with E-state index in [1.54, 1.807) is 13.3 Å². The number of hydrogen-bond donors (Lipinski definition) is 1. The lowest BCUT2D eigenvalue weighted by Crippen LogP contribution is -2.42. The second kappa shape index (κ2) is 6.83. The zero-order valence-corrected chi connectivity index (χ0v) is 14.4. The van der Waals surface area contributed by atoms with Crippen LogP contribution in [0.1, 0.15) is 56.1 Å². The molecular formula is C17H26N4O3. The van der Waals surface area contributed by atoms with Gasteiger partial charge in [0.2, 0.25) is 5.91 Å². The van der Waals surface area contributed by atoms with Gasteiger partial charge in [0, 0.05) is 25.0 Å². The molecule has 1 atom stereocenters. The number of likely N-dealkylation sites (tertiary alicyclic amines) is 1. The highest BCUT2D eigenvalue weighted by Gasteiger charge is 2.36. The van der Waals surface area contributed by atoms with Gasteiger partial charge in [-0.05, 0) is 38.5 Å². The first-order valence-electron chi connectivity index (χ1n) is 8.81. The highest BCUT2D eigenvalue weighted by Crippen LogP contribution is 2.38. The number of carbonyl (C=O) groups is 2. The van der Waals surface area contributed by atoms with Crippen molar-refractivity contribution < 1.29 is 14.3 Å². The number of hydrogen-bond acceptors (Lipinski definition) is 5. The van der Waals surface area contributed by atoms with E-state index in [9.17, 15) is 9.59 Å². The summed E-state index contributed by atoms with van der Waals surface area (Å²) in [7, 11) is 0. The maximum Gasteiger partial charge on any atom is 0.360 e. The molecule has 0 radical (unpaired) electrons. The van der Waals surface area contributed by atoms with Crippen LogP contribution in [0.15, 0.2) is 6.33 Å². The number of aromatic nitrogens is 2. The van der Waals surface area contributed by atoms with Crippen LogP contribution < -0.4 is 5.73 Å². The van der Waals surface area contributed by atoms with Gasteiger partial charge in [0.15, 0.2) is 5.69 Å². The number of esters is 1. The molecule has 1 aliphatic carbocycles. The Hall–Kier alpha value is -2.05. The Morgan fingerprint density at radius 3 is 2.58 bits per heavy atom. The second-order valence-corrected chi connectivity index (χ2v) is 6.79. The maximum atomic E-state index is 12.5. The standard InChI is InChI=1S/C17H26N4O3/c1-3-24-17(23)14-15(18)21(10-19-14)13-6-8-20(9-7-13)16(22)11(2)12-4-5-12/h10-13H,3-9,18H2,1-2H3/t11-/m0/s1. The van der Waals surface area contributed by atoms with Crippen molar-refractivity contribution in [2.75, 3.05) is 25.4 Å². The molecule has 0 bridgehead atoms. The number of anilines is 1. The largest absolute Gasteiger partial charge is 0.461 e. The number of nitrogen functional groups attached to an aromatic ring is 1. The van der Waals surface area contributed by atoms with Crippen LogP contribution in [0.5, 0.6) is 0 Å². The third kappa shape index (κ3) is 3.25. The molecule has 2 N–H and O–H groups in total. The van der Waals surface area contributed by atoms with Crippen molar-refractivity contribution in [3.8, 4) is 0 Å². The summed E-state index contributed by atoms with van der Waals surface area (Å²) in [5.41, 5.74) is 6.25. The molecule has 2 fully saturated rings. The number of nitrogens with zero attached hydrogens (tertiary/aromatic N) is 3. The van der Waals surface area contributed by atoms with E-state index in [0.717, 1.165) is 25.9 Å². The lowest BCUT2D eigenvalue weighted by molar-refractivity contribution is -0.136. The Kier molecular flexibility index (Phi) is 4.78. The Labute approximate surface area is 142 Å². The first-order valence-corrected chi connectivity index (χ1v) is 8.81. The molecule has 0 unspecified atom stereocenters.